The number of rotatable bonds is 7. The molecule has 1 aromatic heterocycles. The van der Waals surface area contributed by atoms with Gasteiger partial charge in [0.2, 0.25) is 5.91 Å². The average Bonchev–Trinajstić information content (AvgIpc) is 3.04. The van der Waals surface area contributed by atoms with Crippen molar-refractivity contribution in [1.29, 1.82) is 0 Å². The zero-order valence-corrected chi connectivity index (χ0v) is 14.3. The minimum atomic E-state index is -0.310. The van der Waals surface area contributed by atoms with Crippen molar-refractivity contribution in [2.24, 2.45) is 0 Å². The second kappa shape index (κ2) is 8.24. The number of likely N-dealkylation sites (N-methyl/N-ethyl adjacent to an activating group) is 2. The van der Waals surface area contributed by atoms with Gasteiger partial charge in [-0.1, -0.05) is 35.5 Å². The topological polar surface area (TPSA) is 71.3 Å². The van der Waals surface area contributed by atoms with E-state index in [1.807, 2.05) is 44.2 Å². The first-order valence-electron chi connectivity index (χ1n) is 8.02. The van der Waals surface area contributed by atoms with Crippen LogP contribution in [0, 0.1) is 0 Å². The molecular weight excluding hydrogens is 306 g/mol. The highest BCUT2D eigenvalue weighted by molar-refractivity contribution is 5.94. The van der Waals surface area contributed by atoms with Crippen LogP contribution in [-0.2, 0) is 11.3 Å². The molecule has 0 N–H and O–H groups in total. The van der Waals surface area contributed by atoms with Crippen molar-refractivity contribution in [3.05, 3.63) is 47.8 Å². The SMILES string of the molecule is CCN(CC)C(=O)CN(C)C(=O)c1cn(Cc2ccccc2)nn1. The van der Waals surface area contributed by atoms with Crippen LogP contribution in [0.25, 0.3) is 0 Å². The van der Waals surface area contributed by atoms with Gasteiger partial charge in [0.05, 0.1) is 19.3 Å². The van der Waals surface area contributed by atoms with Crippen LogP contribution in [0.1, 0.15) is 29.9 Å². The number of nitrogens with zero attached hydrogens (tertiary/aromatic N) is 5. The molecule has 0 aliphatic rings. The summed E-state index contributed by atoms with van der Waals surface area (Å²) in [5.41, 5.74) is 1.31. The van der Waals surface area contributed by atoms with Crippen LogP contribution in [0.2, 0.25) is 0 Å². The van der Waals surface area contributed by atoms with Crippen LogP contribution in [0.4, 0.5) is 0 Å². The van der Waals surface area contributed by atoms with E-state index in [0.717, 1.165) is 5.56 Å². The van der Waals surface area contributed by atoms with Crippen molar-refractivity contribution in [3.63, 3.8) is 0 Å². The van der Waals surface area contributed by atoms with E-state index in [0.29, 0.717) is 19.6 Å². The fourth-order valence-electron chi connectivity index (χ4n) is 2.39. The Morgan fingerprint density at radius 1 is 1.12 bits per heavy atom. The summed E-state index contributed by atoms with van der Waals surface area (Å²) in [4.78, 5) is 27.5. The Hall–Kier alpha value is -2.70. The molecule has 0 radical (unpaired) electrons. The number of aromatic nitrogens is 3. The van der Waals surface area contributed by atoms with E-state index in [1.54, 1.807) is 22.8 Å². The molecule has 2 amide bonds. The fraction of sp³-hybridized carbons (Fsp3) is 0.412. The minimum Gasteiger partial charge on any atom is -0.342 e. The molecule has 0 spiro atoms. The van der Waals surface area contributed by atoms with Gasteiger partial charge in [0, 0.05) is 20.1 Å². The van der Waals surface area contributed by atoms with Crippen LogP contribution in [-0.4, -0.2) is 63.3 Å². The van der Waals surface area contributed by atoms with Crippen molar-refractivity contribution in [1.82, 2.24) is 24.8 Å². The zero-order chi connectivity index (χ0) is 17.5. The highest BCUT2D eigenvalue weighted by atomic mass is 16.2. The monoisotopic (exact) mass is 329 g/mol. The second-order valence-electron chi connectivity index (χ2n) is 5.51. The van der Waals surface area contributed by atoms with E-state index in [1.165, 1.54) is 4.90 Å². The van der Waals surface area contributed by atoms with Crippen LogP contribution < -0.4 is 0 Å². The van der Waals surface area contributed by atoms with Gasteiger partial charge in [-0.2, -0.15) is 0 Å². The molecule has 1 aromatic carbocycles. The highest BCUT2D eigenvalue weighted by Crippen LogP contribution is 2.04. The molecule has 7 nitrogen and oxygen atoms in total. The number of benzene rings is 1. The predicted molar refractivity (Wildman–Crippen MR) is 90.5 cm³/mol. The summed E-state index contributed by atoms with van der Waals surface area (Å²) >= 11 is 0. The molecule has 0 fully saturated rings. The zero-order valence-electron chi connectivity index (χ0n) is 14.3. The number of carbonyl (C=O) groups excluding carboxylic acids is 2. The summed E-state index contributed by atoms with van der Waals surface area (Å²) in [5, 5.41) is 7.91. The molecule has 0 aliphatic carbocycles. The molecule has 0 atom stereocenters. The molecule has 0 saturated heterocycles. The first-order chi connectivity index (χ1) is 11.5. The smallest absolute Gasteiger partial charge is 0.276 e. The fourth-order valence-corrected chi connectivity index (χ4v) is 2.39. The van der Waals surface area contributed by atoms with Crippen molar-refractivity contribution >= 4 is 11.8 Å². The first kappa shape index (κ1) is 17.7. The first-order valence-corrected chi connectivity index (χ1v) is 8.02. The van der Waals surface area contributed by atoms with Crippen LogP contribution in [0.5, 0.6) is 0 Å². The van der Waals surface area contributed by atoms with Gasteiger partial charge < -0.3 is 9.80 Å². The molecule has 24 heavy (non-hydrogen) atoms. The van der Waals surface area contributed by atoms with E-state index in [-0.39, 0.29) is 24.1 Å². The quantitative estimate of drug-likeness (QED) is 0.767. The van der Waals surface area contributed by atoms with Gasteiger partial charge >= 0.3 is 0 Å². The van der Waals surface area contributed by atoms with Gasteiger partial charge in [0.15, 0.2) is 5.69 Å². The predicted octanol–water partition coefficient (Wildman–Crippen LogP) is 1.27. The summed E-state index contributed by atoms with van der Waals surface area (Å²) in [6, 6.07) is 9.81. The summed E-state index contributed by atoms with van der Waals surface area (Å²) in [5.74, 6) is -0.387. The van der Waals surface area contributed by atoms with Gasteiger partial charge in [0.25, 0.3) is 5.91 Å². The largest absolute Gasteiger partial charge is 0.342 e. The van der Waals surface area contributed by atoms with Gasteiger partial charge in [-0.15, -0.1) is 5.10 Å². The normalized spacial score (nSPS) is 10.5. The van der Waals surface area contributed by atoms with Gasteiger partial charge in [-0.05, 0) is 19.4 Å². The van der Waals surface area contributed by atoms with Gasteiger partial charge in [-0.3, -0.25) is 9.59 Å². The molecule has 0 aliphatic heterocycles. The second-order valence-corrected chi connectivity index (χ2v) is 5.51. The summed E-state index contributed by atoms with van der Waals surface area (Å²) in [6.07, 6.45) is 1.60. The Bertz CT molecular complexity index is 679. The number of hydrogen-bond acceptors (Lipinski definition) is 4. The third kappa shape index (κ3) is 4.41. The molecular formula is C17H23N5O2. The average molecular weight is 329 g/mol. The summed E-state index contributed by atoms with van der Waals surface area (Å²) in [6.45, 7) is 5.67. The lowest BCUT2D eigenvalue weighted by Gasteiger charge is -2.22. The molecule has 0 saturated carbocycles. The minimum absolute atomic E-state index is 0.0338. The Morgan fingerprint density at radius 3 is 2.42 bits per heavy atom. The maximum Gasteiger partial charge on any atom is 0.276 e. The molecule has 128 valence electrons. The Balaban J connectivity index is 1.98. The third-order valence-corrected chi connectivity index (χ3v) is 3.78. The van der Waals surface area contributed by atoms with Crippen molar-refractivity contribution in [2.45, 2.75) is 20.4 Å². The van der Waals surface area contributed by atoms with Crippen LogP contribution in [0.15, 0.2) is 36.5 Å². The Kier molecular flexibility index (Phi) is 6.06. The van der Waals surface area contributed by atoms with Crippen molar-refractivity contribution < 1.29 is 9.59 Å². The van der Waals surface area contributed by atoms with Crippen molar-refractivity contribution in [3.8, 4) is 0 Å². The molecule has 2 aromatic rings. The lowest BCUT2D eigenvalue weighted by Crippen LogP contribution is -2.41. The number of carbonyl (C=O) groups is 2. The number of amides is 2. The Morgan fingerprint density at radius 2 is 1.79 bits per heavy atom. The van der Waals surface area contributed by atoms with Gasteiger partial charge in [0.1, 0.15) is 0 Å². The van der Waals surface area contributed by atoms with E-state index in [4.69, 9.17) is 0 Å². The maximum atomic E-state index is 12.4. The van der Waals surface area contributed by atoms with Crippen LogP contribution >= 0.6 is 0 Å². The van der Waals surface area contributed by atoms with Crippen molar-refractivity contribution in [2.75, 3.05) is 26.7 Å². The molecule has 1 heterocycles. The maximum absolute atomic E-state index is 12.4. The lowest BCUT2D eigenvalue weighted by atomic mass is 10.2. The van der Waals surface area contributed by atoms with Crippen LogP contribution in [0.3, 0.4) is 0 Å². The molecule has 2 rings (SSSR count). The van der Waals surface area contributed by atoms with Gasteiger partial charge in [-0.25, -0.2) is 4.68 Å². The van der Waals surface area contributed by atoms with E-state index < -0.39 is 0 Å². The van der Waals surface area contributed by atoms with E-state index in [9.17, 15) is 9.59 Å². The Labute approximate surface area is 141 Å². The molecule has 0 unspecified atom stereocenters. The summed E-state index contributed by atoms with van der Waals surface area (Å²) in [7, 11) is 1.60. The highest BCUT2D eigenvalue weighted by Gasteiger charge is 2.20. The van der Waals surface area contributed by atoms with E-state index >= 15 is 0 Å². The lowest BCUT2D eigenvalue weighted by molar-refractivity contribution is -0.131. The molecule has 7 heteroatoms. The molecule has 0 bridgehead atoms. The standard InChI is InChI=1S/C17H23N5O2/c1-4-21(5-2)16(23)13-20(3)17(24)15-12-22(19-18-15)11-14-9-7-6-8-10-14/h6-10,12H,4-5,11,13H2,1-3H3. The summed E-state index contributed by atoms with van der Waals surface area (Å²) < 4.78 is 1.61. The van der Waals surface area contributed by atoms with E-state index in [2.05, 4.69) is 10.3 Å². The number of hydrogen-bond donors (Lipinski definition) is 0. The third-order valence-electron chi connectivity index (χ3n) is 3.78.